The maximum atomic E-state index is 11.6. The van der Waals surface area contributed by atoms with Crippen molar-refractivity contribution in [2.75, 3.05) is 13.2 Å². The number of esters is 1. The number of carbonyl (C=O) groups excluding carboxylic acids is 1. The predicted molar refractivity (Wildman–Crippen MR) is 90.0 cm³/mol. The van der Waals surface area contributed by atoms with Crippen LogP contribution in [-0.4, -0.2) is 30.3 Å². The van der Waals surface area contributed by atoms with Crippen molar-refractivity contribution in [3.05, 3.63) is 24.0 Å². The van der Waals surface area contributed by atoms with Crippen LogP contribution in [0.1, 0.15) is 52.9 Å². The number of allylic oxidation sites excluding steroid dienone is 2. The first-order chi connectivity index (χ1) is 10.5. The molecule has 0 aliphatic carbocycles. The molecule has 0 fully saturated rings. The molecule has 128 valence electrons. The molecule has 22 heavy (non-hydrogen) atoms. The lowest BCUT2D eigenvalue weighted by Crippen LogP contribution is -2.33. The van der Waals surface area contributed by atoms with E-state index < -0.39 is 5.97 Å². The zero-order valence-corrected chi connectivity index (χ0v) is 14.2. The first kappa shape index (κ1) is 20.5. The summed E-state index contributed by atoms with van der Waals surface area (Å²) in [4.78, 5) is 11.6. The predicted octanol–water partition coefficient (Wildman–Crippen LogP) is 2.46. The zero-order chi connectivity index (χ0) is 16.8. The third kappa shape index (κ3) is 10.3. The highest BCUT2D eigenvalue weighted by molar-refractivity contribution is 5.87. The van der Waals surface area contributed by atoms with Crippen LogP contribution in [0.3, 0.4) is 0 Å². The number of aliphatic hydroxyl groups excluding tert-OH is 1. The molecular formula is C17H32N2O3. The summed E-state index contributed by atoms with van der Waals surface area (Å²) in [5.74, 6) is -0.170. The Hall–Kier alpha value is -1.49. The van der Waals surface area contributed by atoms with Gasteiger partial charge < -0.3 is 20.9 Å². The molecule has 0 aromatic heterocycles. The quantitative estimate of drug-likeness (QED) is 0.223. The van der Waals surface area contributed by atoms with E-state index in [9.17, 15) is 4.79 Å². The Morgan fingerprint density at radius 2 is 1.95 bits per heavy atom. The molecule has 0 amide bonds. The monoisotopic (exact) mass is 312 g/mol. The fourth-order valence-corrected chi connectivity index (χ4v) is 1.81. The smallest absolute Gasteiger partial charge is 0.354 e. The Morgan fingerprint density at radius 1 is 1.27 bits per heavy atom. The van der Waals surface area contributed by atoms with Crippen LogP contribution in [0, 0.1) is 5.92 Å². The number of nitrogens with two attached hydrogens (primary N) is 1. The van der Waals surface area contributed by atoms with E-state index in [4.69, 9.17) is 15.6 Å². The molecule has 0 aromatic rings. The summed E-state index contributed by atoms with van der Waals surface area (Å²) in [5.41, 5.74) is 5.73. The van der Waals surface area contributed by atoms with E-state index in [2.05, 4.69) is 12.2 Å². The van der Waals surface area contributed by atoms with Crippen LogP contribution in [0.4, 0.5) is 0 Å². The van der Waals surface area contributed by atoms with Gasteiger partial charge in [0.25, 0.3) is 0 Å². The minimum absolute atomic E-state index is 0.0130. The van der Waals surface area contributed by atoms with E-state index in [0.717, 1.165) is 12.8 Å². The molecule has 0 rings (SSSR count). The third-order valence-corrected chi connectivity index (χ3v) is 3.40. The van der Waals surface area contributed by atoms with Gasteiger partial charge in [0.05, 0.1) is 19.3 Å². The molecule has 1 atom stereocenters. The molecule has 5 heteroatoms. The minimum atomic E-state index is -0.484. The molecule has 0 aliphatic heterocycles. The standard InChI is InChI=1S/C17H32N2O3/c1-4-5-6-7-8-12-22-17(21)15(18)10-9-11-19-16(13-20)14(2)3/h9-11,14,16,19-20H,4-8,12-13,18H2,1-3H3/b11-9+,15-10+. The number of nitrogens with one attached hydrogen (secondary N) is 1. The summed E-state index contributed by atoms with van der Waals surface area (Å²) in [6.45, 7) is 6.67. The Kier molecular flexibility index (Phi) is 12.3. The average Bonchev–Trinajstić information content (AvgIpc) is 2.49. The van der Waals surface area contributed by atoms with Crippen molar-refractivity contribution < 1.29 is 14.6 Å². The molecule has 0 heterocycles. The summed E-state index contributed by atoms with van der Waals surface area (Å²) in [5, 5.41) is 12.2. The van der Waals surface area contributed by atoms with Crippen molar-refractivity contribution in [2.24, 2.45) is 11.7 Å². The summed E-state index contributed by atoms with van der Waals surface area (Å²) in [6.07, 6.45) is 10.4. The highest BCUT2D eigenvalue weighted by Gasteiger charge is 2.08. The fourth-order valence-electron chi connectivity index (χ4n) is 1.81. The van der Waals surface area contributed by atoms with Crippen molar-refractivity contribution in [1.82, 2.24) is 5.32 Å². The number of aliphatic hydroxyl groups is 1. The molecule has 0 radical (unpaired) electrons. The second kappa shape index (κ2) is 13.2. The SMILES string of the molecule is CCCCCCCOC(=O)/C(N)=C\C=C\NC(CO)C(C)C. The Morgan fingerprint density at radius 3 is 2.55 bits per heavy atom. The Balaban J connectivity index is 3.96. The number of rotatable bonds is 12. The summed E-state index contributed by atoms with van der Waals surface area (Å²) in [6, 6.07) is -0.0130. The van der Waals surface area contributed by atoms with Crippen LogP contribution in [0.15, 0.2) is 24.0 Å². The van der Waals surface area contributed by atoms with Crippen LogP contribution < -0.4 is 11.1 Å². The van der Waals surface area contributed by atoms with Gasteiger partial charge in [-0.3, -0.25) is 0 Å². The molecule has 4 N–H and O–H groups in total. The number of hydrogen-bond donors (Lipinski definition) is 3. The van der Waals surface area contributed by atoms with Crippen molar-refractivity contribution in [3.8, 4) is 0 Å². The first-order valence-corrected chi connectivity index (χ1v) is 8.19. The third-order valence-electron chi connectivity index (χ3n) is 3.40. The van der Waals surface area contributed by atoms with E-state index in [1.54, 1.807) is 12.3 Å². The van der Waals surface area contributed by atoms with Gasteiger partial charge in [-0.05, 0) is 30.7 Å². The van der Waals surface area contributed by atoms with E-state index in [1.165, 1.54) is 25.3 Å². The van der Waals surface area contributed by atoms with Gasteiger partial charge in [-0.15, -0.1) is 0 Å². The van der Waals surface area contributed by atoms with Gasteiger partial charge in [-0.2, -0.15) is 0 Å². The van der Waals surface area contributed by atoms with Crippen LogP contribution in [0.5, 0.6) is 0 Å². The van der Waals surface area contributed by atoms with Crippen LogP contribution in [-0.2, 0) is 9.53 Å². The molecule has 1 unspecified atom stereocenters. The average molecular weight is 312 g/mol. The van der Waals surface area contributed by atoms with Crippen LogP contribution in [0.25, 0.3) is 0 Å². The van der Waals surface area contributed by atoms with Crippen LogP contribution >= 0.6 is 0 Å². The maximum Gasteiger partial charge on any atom is 0.354 e. The zero-order valence-electron chi connectivity index (χ0n) is 14.2. The van der Waals surface area contributed by atoms with Crippen molar-refractivity contribution in [1.29, 1.82) is 0 Å². The summed E-state index contributed by atoms with van der Waals surface area (Å²) >= 11 is 0. The minimum Gasteiger partial charge on any atom is -0.461 e. The molecule has 0 bridgehead atoms. The van der Waals surface area contributed by atoms with Gasteiger partial charge in [-0.25, -0.2) is 4.79 Å². The summed E-state index contributed by atoms with van der Waals surface area (Å²) in [7, 11) is 0. The molecule has 0 spiro atoms. The molecule has 0 aliphatic rings. The lowest BCUT2D eigenvalue weighted by molar-refractivity contribution is -0.139. The number of ether oxygens (including phenoxy) is 1. The van der Waals surface area contributed by atoms with E-state index in [1.807, 2.05) is 13.8 Å². The number of unbranched alkanes of at least 4 members (excludes halogenated alkanes) is 4. The van der Waals surface area contributed by atoms with Crippen molar-refractivity contribution in [2.45, 2.75) is 58.9 Å². The largest absolute Gasteiger partial charge is 0.461 e. The van der Waals surface area contributed by atoms with Gasteiger partial charge in [0.1, 0.15) is 5.70 Å². The van der Waals surface area contributed by atoms with E-state index in [0.29, 0.717) is 12.5 Å². The molecule has 5 nitrogen and oxygen atoms in total. The highest BCUT2D eigenvalue weighted by Crippen LogP contribution is 2.03. The van der Waals surface area contributed by atoms with Gasteiger partial charge in [0.2, 0.25) is 0 Å². The molecule has 0 saturated carbocycles. The topological polar surface area (TPSA) is 84.6 Å². The Labute approximate surface area is 134 Å². The van der Waals surface area contributed by atoms with E-state index in [-0.39, 0.29) is 18.3 Å². The van der Waals surface area contributed by atoms with Gasteiger partial charge in [0.15, 0.2) is 0 Å². The summed E-state index contributed by atoms with van der Waals surface area (Å²) < 4.78 is 5.10. The maximum absolute atomic E-state index is 11.6. The van der Waals surface area contributed by atoms with Gasteiger partial charge >= 0.3 is 5.97 Å². The highest BCUT2D eigenvalue weighted by atomic mass is 16.5. The molecule has 0 saturated heterocycles. The Bertz CT molecular complexity index is 352. The van der Waals surface area contributed by atoms with Gasteiger partial charge in [0, 0.05) is 0 Å². The van der Waals surface area contributed by atoms with Gasteiger partial charge in [-0.1, -0.05) is 46.5 Å². The fraction of sp³-hybridized carbons (Fsp3) is 0.706. The van der Waals surface area contributed by atoms with Crippen molar-refractivity contribution in [3.63, 3.8) is 0 Å². The lowest BCUT2D eigenvalue weighted by atomic mass is 10.1. The van der Waals surface area contributed by atoms with E-state index >= 15 is 0 Å². The second-order valence-electron chi connectivity index (χ2n) is 5.73. The molecular weight excluding hydrogens is 280 g/mol. The van der Waals surface area contributed by atoms with Crippen molar-refractivity contribution >= 4 is 5.97 Å². The lowest BCUT2D eigenvalue weighted by Gasteiger charge is -2.17. The molecule has 0 aromatic carbocycles. The second-order valence-corrected chi connectivity index (χ2v) is 5.73. The first-order valence-electron chi connectivity index (χ1n) is 8.19. The number of carbonyl (C=O) groups is 1. The normalized spacial score (nSPS) is 13.6. The number of hydrogen-bond acceptors (Lipinski definition) is 5. The van der Waals surface area contributed by atoms with Crippen LogP contribution in [0.2, 0.25) is 0 Å².